The Balaban J connectivity index is 1.54. The van der Waals surface area contributed by atoms with Gasteiger partial charge in [0.05, 0.1) is 18.2 Å². The summed E-state index contributed by atoms with van der Waals surface area (Å²) in [5.41, 5.74) is 1.10. The summed E-state index contributed by atoms with van der Waals surface area (Å²) in [5, 5.41) is 7.07. The Kier molecular flexibility index (Phi) is 4.35. The molecule has 132 valence electrons. The van der Waals surface area contributed by atoms with E-state index in [0.29, 0.717) is 35.7 Å². The van der Waals surface area contributed by atoms with Gasteiger partial charge in [0, 0.05) is 24.2 Å². The molecule has 0 unspecified atom stereocenters. The van der Waals surface area contributed by atoms with Crippen molar-refractivity contribution in [2.75, 3.05) is 6.61 Å². The van der Waals surface area contributed by atoms with E-state index in [4.69, 9.17) is 4.74 Å². The van der Waals surface area contributed by atoms with Crippen LogP contribution in [0.3, 0.4) is 0 Å². The molecule has 0 saturated carbocycles. The first-order valence-corrected chi connectivity index (χ1v) is 8.40. The summed E-state index contributed by atoms with van der Waals surface area (Å²) >= 11 is 0. The minimum Gasteiger partial charge on any atom is -0.493 e. The SMILES string of the molecule is O=C(N[C@@H]1CCCOc2ccc(F)cc21)c1ccc(-n2cccn2)nc1. The number of aromatic nitrogens is 3. The van der Waals surface area contributed by atoms with Crippen LogP contribution in [0.5, 0.6) is 5.75 Å². The number of fused-ring (bicyclic) bond motifs is 1. The molecule has 1 amide bonds. The first-order valence-electron chi connectivity index (χ1n) is 8.40. The summed E-state index contributed by atoms with van der Waals surface area (Å²) in [6, 6.07) is 9.31. The minimum absolute atomic E-state index is 0.258. The van der Waals surface area contributed by atoms with Gasteiger partial charge in [-0.3, -0.25) is 4.79 Å². The molecule has 26 heavy (non-hydrogen) atoms. The molecule has 0 saturated heterocycles. The molecule has 3 heterocycles. The maximum Gasteiger partial charge on any atom is 0.253 e. The molecular formula is C19H17FN4O2. The standard InChI is InChI=1S/C19H17FN4O2/c20-14-5-6-17-15(11-14)16(3-1-10-26-17)23-19(25)13-4-7-18(21-12-13)24-9-2-8-22-24/h2,4-9,11-12,16H,1,3,10H2,(H,23,25)/t16-/m1/s1. The van der Waals surface area contributed by atoms with Gasteiger partial charge in [-0.25, -0.2) is 14.1 Å². The van der Waals surface area contributed by atoms with Gasteiger partial charge in [-0.1, -0.05) is 0 Å². The first-order chi connectivity index (χ1) is 12.7. The van der Waals surface area contributed by atoms with E-state index in [9.17, 15) is 9.18 Å². The summed E-state index contributed by atoms with van der Waals surface area (Å²) in [7, 11) is 0. The lowest BCUT2D eigenvalue weighted by Crippen LogP contribution is -2.28. The molecule has 3 aromatic rings. The van der Waals surface area contributed by atoms with E-state index in [2.05, 4.69) is 15.4 Å². The Labute approximate surface area is 149 Å². The molecular weight excluding hydrogens is 335 g/mol. The quantitative estimate of drug-likeness (QED) is 0.787. The van der Waals surface area contributed by atoms with Crippen LogP contribution in [-0.4, -0.2) is 27.3 Å². The van der Waals surface area contributed by atoms with Crippen molar-refractivity contribution in [3.8, 4) is 11.6 Å². The molecule has 0 fully saturated rings. The average Bonchev–Trinajstić information content (AvgIpc) is 3.13. The van der Waals surface area contributed by atoms with Crippen LogP contribution in [-0.2, 0) is 0 Å². The number of carbonyl (C=O) groups excluding carboxylic acids is 1. The molecule has 2 aromatic heterocycles. The summed E-state index contributed by atoms with van der Waals surface area (Å²) in [4.78, 5) is 16.9. The number of halogens is 1. The van der Waals surface area contributed by atoms with Crippen LogP contribution < -0.4 is 10.1 Å². The zero-order valence-electron chi connectivity index (χ0n) is 13.9. The highest BCUT2D eigenvalue weighted by atomic mass is 19.1. The molecule has 0 radical (unpaired) electrons. The van der Waals surface area contributed by atoms with E-state index in [1.165, 1.54) is 18.3 Å². The fraction of sp³-hybridized carbons (Fsp3) is 0.211. The number of benzene rings is 1. The number of hydrogen-bond donors (Lipinski definition) is 1. The highest BCUT2D eigenvalue weighted by Gasteiger charge is 2.22. The third-order valence-electron chi connectivity index (χ3n) is 4.30. The third kappa shape index (κ3) is 3.28. The normalized spacial score (nSPS) is 16.3. The molecule has 6 nitrogen and oxygen atoms in total. The third-order valence-corrected chi connectivity index (χ3v) is 4.30. The topological polar surface area (TPSA) is 69.0 Å². The van der Waals surface area contributed by atoms with Gasteiger partial charge < -0.3 is 10.1 Å². The number of carbonyl (C=O) groups is 1. The van der Waals surface area contributed by atoms with Crippen molar-refractivity contribution in [3.05, 3.63) is 71.9 Å². The fourth-order valence-corrected chi connectivity index (χ4v) is 3.00. The maximum atomic E-state index is 13.7. The number of hydrogen-bond acceptors (Lipinski definition) is 4. The van der Waals surface area contributed by atoms with Gasteiger partial charge in [0.2, 0.25) is 0 Å². The second-order valence-corrected chi connectivity index (χ2v) is 6.05. The van der Waals surface area contributed by atoms with Crippen molar-refractivity contribution in [3.63, 3.8) is 0 Å². The largest absolute Gasteiger partial charge is 0.493 e. The minimum atomic E-state index is -0.348. The monoisotopic (exact) mass is 352 g/mol. The van der Waals surface area contributed by atoms with Crippen molar-refractivity contribution < 1.29 is 13.9 Å². The highest BCUT2D eigenvalue weighted by molar-refractivity contribution is 5.94. The molecule has 1 aliphatic heterocycles. The molecule has 0 bridgehead atoms. The molecule has 1 aromatic carbocycles. The number of rotatable bonds is 3. The van der Waals surface area contributed by atoms with E-state index in [1.54, 1.807) is 41.3 Å². The first kappa shape index (κ1) is 16.3. The smallest absolute Gasteiger partial charge is 0.253 e. The van der Waals surface area contributed by atoms with Crippen molar-refractivity contribution in [1.29, 1.82) is 0 Å². The summed E-state index contributed by atoms with van der Waals surface area (Å²) in [5.74, 6) is 0.633. The predicted octanol–water partition coefficient (Wildman–Crippen LogP) is 3.05. The van der Waals surface area contributed by atoms with E-state index in [-0.39, 0.29) is 17.8 Å². The molecule has 4 rings (SSSR count). The maximum absolute atomic E-state index is 13.7. The van der Waals surface area contributed by atoms with Crippen molar-refractivity contribution >= 4 is 5.91 Å². The van der Waals surface area contributed by atoms with Gasteiger partial charge in [0.15, 0.2) is 5.82 Å². The summed E-state index contributed by atoms with van der Waals surface area (Å²) in [6.07, 6.45) is 6.40. The average molecular weight is 352 g/mol. The lowest BCUT2D eigenvalue weighted by Gasteiger charge is -2.18. The number of nitrogens with one attached hydrogen (secondary N) is 1. The van der Waals surface area contributed by atoms with E-state index >= 15 is 0 Å². The molecule has 0 aliphatic carbocycles. The van der Waals surface area contributed by atoms with Crippen LogP contribution in [0.2, 0.25) is 0 Å². The second kappa shape index (κ2) is 6.95. The van der Waals surface area contributed by atoms with Crippen LogP contribution in [0.1, 0.15) is 34.8 Å². The lowest BCUT2D eigenvalue weighted by molar-refractivity contribution is 0.0934. The van der Waals surface area contributed by atoms with Gasteiger partial charge >= 0.3 is 0 Å². The van der Waals surface area contributed by atoms with Crippen LogP contribution in [0.4, 0.5) is 4.39 Å². The van der Waals surface area contributed by atoms with Crippen LogP contribution >= 0.6 is 0 Å². The van der Waals surface area contributed by atoms with Crippen molar-refractivity contribution in [1.82, 2.24) is 20.1 Å². The van der Waals surface area contributed by atoms with Gasteiger partial charge in [0.25, 0.3) is 5.91 Å². The molecule has 0 spiro atoms. The molecule has 1 aliphatic rings. The second-order valence-electron chi connectivity index (χ2n) is 6.05. The molecule has 7 heteroatoms. The van der Waals surface area contributed by atoms with Crippen LogP contribution in [0.15, 0.2) is 55.0 Å². The molecule has 1 atom stereocenters. The number of pyridine rings is 1. The zero-order valence-corrected chi connectivity index (χ0v) is 13.9. The number of nitrogens with zero attached hydrogens (tertiary/aromatic N) is 3. The molecule has 1 N–H and O–H groups in total. The Morgan fingerprint density at radius 2 is 2.23 bits per heavy atom. The van der Waals surface area contributed by atoms with Gasteiger partial charge in [-0.05, 0) is 49.2 Å². The number of ether oxygens (including phenoxy) is 1. The summed E-state index contributed by atoms with van der Waals surface area (Å²) in [6.45, 7) is 0.547. The van der Waals surface area contributed by atoms with E-state index in [1.807, 2.05) is 0 Å². The Hall–Kier alpha value is -3.22. The van der Waals surface area contributed by atoms with Crippen LogP contribution in [0.25, 0.3) is 5.82 Å². The summed E-state index contributed by atoms with van der Waals surface area (Å²) < 4.78 is 20.9. The number of amides is 1. The highest BCUT2D eigenvalue weighted by Crippen LogP contribution is 2.32. The van der Waals surface area contributed by atoms with Crippen molar-refractivity contribution in [2.45, 2.75) is 18.9 Å². The van der Waals surface area contributed by atoms with Gasteiger partial charge in [0.1, 0.15) is 11.6 Å². The Morgan fingerprint density at radius 3 is 3.00 bits per heavy atom. The zero-order chi connectivity index (χ0) is 17.9. The van der Waals surface area contributed by atoms with Crippen molar-refractivity contribution in [2.24, 2.45) is 0 Å². The fourth-order valence-electron chi connectivity index (χ4n) is 3.00. The lowest BCUT2D eigenvalue weighted by atomic mass is 10.0. The van der Waals surface area contributed by atoms with E-state index < -0.39 is 0 Å². The van der Waals surface area contributed by atoms with E-state index in [0.717, 1.165) is 6.42 Å². The van der Waals surface area contributed by atoms with Gasteiger partial charge in [-0.15, -0.1) is 0 Å². The Morgan fingerprint density at radius 1 is 1.31 bits per heavy atom. The Bertz CT molecular complexity index is 910. The van der Waals surface area contributed by atoms with Gasteiger partial charge in [-0.2, -0.15) is 5.10 Å². The van der Waals surface area contributed by atoms with Crippen LogP contribution in [0, 0.1) is 5.82 Å². The predicted molar refractivity (Wildman–Crippen MR) is 92.7 cm³/mol.